The summed E-state index contributed by atoms with van der Waals surface area (Å²) in [5.41, 5.74) is 3.09. The molecule has 3 rings (SSSR count). The number of hydrogen-bond donors (Lipinski definition) is 2. The van der Waals surface area contributed by atoms with Gasteiger partial charge in [0.2, 0.25) is 5.95 Å². The maximum atomic E-state index is 9.23. The predicted octanol–water partition coefficient (Wildman–Crippen LogP) is 2.20. The summed E-state index contributed by atoms with van der Waals surface area (Å²) in [5.74, 6) is 0.545. The van der Waals surface area contributed by atoms with E-state index in [0.717, 1.165) is 11.0 Å². The summed E-state index contributed by atoms with van der Waals surface area (Å²) in [6.45, 7) is 1.67. The van der Waals surface area contributed by atoms with E-state index < -0.39 is 0 Å². The molecule has 0 saturated heterocycles. The third kappa shape index (κ3) is 1.60. The molecule has 0 bridgehead atoms. The Morgan fingerprint density at radius 3 is 2.83 bits per heavy atom. The van der Waals surface area contributed by atoms with E-state index in [1.807, 2.05) is 24.3 Å². The molecule has 6 heteroatoms. The number of nitrogens with zero attached hydrogens (tertiary/aromatic N) is 3. The van der Waals surface area contributed by atoms with Crippen LogP contribution in [0, 0.1) is 6.92 Å². The molecular weight excluding hydrogens is 252 g/mol. The van der Waals surface area contributed by atoms with Gasteiger partial charge in [0, 0.05) is 5.56 Å². The van der Waals surface area contributed by atoms with Gasteiger partial charge in [0.25, 0.3) is 0 Å². The minimum atomic E-state index is -0.134. The third-order valence-electron chi connectivity index (χ3n) is 2.86. The molecule has 0 fully saturated rings. The molecule has 3 aromatic rings. The molecule has 1 aromatic carbocycles. The summed E-state index contributed by atoms with van der Waals surface area (Å²) in [4.78, 5) is 7.55. The molecule has 0 aliphatic heterocycles. The molecule has 0 saturated carbocycles. The number of H-pyrrole nitrogens is 1. The normalized spacial score (nSPS) is 11.3. The van der Waals surface area contributed by atoms with Crippen molar-refractivity contribution < 1.29 is 5.11 Å². The van der Waals surface area contributed by atoms with Crippen molar-refractivity contribution in [1.82, 2.24) is 19.7 Å². The van der Waals surface area contributed by atoms with Crippen LogP contribution in [0.15, 0.2) is 24.3 Å². The van der Waals surface area contributed by atoms with E-state index in [1.165, 1.54) is 4.68 Å². The number of benzene rings is 1. The molecule has 0 amide bonds. The molecule has 0 aliphatic carbocycles. The fourth-order valence-electron chi connectivity index (χ4n) is 1.89. The van der Waals surface area contributed by atoms with Crippen LogP contribution in [0.4, 0.5) is 0 Å². The number of aromatic amines is 1. The van der Waals surface area contributed by atoms with Gasteiger partial charge in [-0.05, 0) is 19.1 Å². The summed E-state index contributed by atoms with van der Waals surface area (Å²) in [6.07, 6.45) is 0. The Balaban J connectivity index is 2.20. The maximum absolute atomic E-state index is 9.23. The number of fused-ring (bicyclic) bond motifs is 1. The van der Waals surface area contributed by atoms with Gasteiger partial charge in [-0.2, -0.15) is 9.78 Å². The van der Waals surface area contributed by atoms with Gasteiger partial charge in [0.05, 0.1) is 23.3 Å². The summed E-state index contributed by atoms with van der Waals surface area (Å²) in [6, 6.07) is 7.69. The zero-order valence-electron chi connectivity index (χ0n) is 9.68. The largest absolute Gasteiger partial charge is 0.391 e. The average Bonchev–Trinajstić information content (AvgIpc) is 2.90. The lowest BCUT2D eigenvalue weighted by atomic mass is 10.3. The Bertz CT molecular complexity index is 683. The van der Waals surface area contributed by atoms with Crippen molar-refractivity contribution in [3.63, 3.8) is 0 Å². The van der Waals surface area contributed by atoms with Crippen molar-refractivity contribution in [1.29, 1.82) is 0 Å². The molecule has 0 radical (unpaired) electrons. The van der Waals surface area contributed by atoms with Crippen molar-refractivity contribution in [2.75, 3.05) is 0 Å². The second-order valence-corrected chi connectivity index (χ2v) is 4.36. The van der Waals surface area contributed by atoms with E-state index in [9.17, 15) is 5.11 Å². The monoisotopic (exact) mass is 262 g/mol. The van der Waals surface area contributed by atoms with Gasteiger partial charge in [-0.25, -0.2) is 4.98 Å². The van der Waals surface area contributed by atoms with Crippen molar-refractivity contribution in [2.45, 2.75) is 13.5 Å². The van der Waals surface area contributed by atoms with Gasteiger partial charge in [-0.1, -0.05) is 23.7 Å². The number of hydrogen-bond acceptors (Lipinski definition) is 3. The fraction of sp³-hybridized carbons (Fsp3) is 0.167. The number of aliphatic hydroxyl groups excluding tert-OH is 1. The van der Waals surface area contributed by atoms with E-state index in [1.54, 1.807) is 6.92 Å². The first-order chi connectivity index (χ1) is 8.70. The Labute approximate surface area is 108 Å². The minimum absolute atomic E-state index is 0.134. The highest BCUT2D eigenvalue weighted by atomic mass is 35.5. The van der Waals surface area contributed by atoms with Crippen LogP contribution in [0.2, 0.25) is 5.15 Å². The molecule has 2 aromatic heterocycles. The van der Waals surface area contributed by atoms with Crippen LogP contribution in [0.5, 0.6) is 0 Å². The highest BCUT2D eigenvalue weighted by molar-refractivity contribution is 6.30. The van der Waals surface area contributed by atoms with Gasteiger partial charge >= 0.3 is 0 Å². The predicted molar refractivity (Wildman–Crippen MR) is 68.9 cm³/mol. The van der Waals surface area contributed by atoms with Crippen LogP contribution in [-0.4, -0.2) is 24.9 Å². The standard InChI is InChI=1S/C12H11ClN4O/c1-7-8(6-18)11(13)17(16-7)12-14-9-4-2-3-5-10(9)15-12/h2-5,18H,6H2,1H3,(H,14,15). The first kappa shape index (κ1) is 11.3. The Kier molecular flexibility index (Phi) is 2.57. The molecular formula is C12H11ClN4O. The van der Waals surface area contributed by atoms with E-state index in [4.69, 9.17) is 11.6 Å². The van der Waals surface area contributed by atoms with Crippen LogP contribution < -0.4 is 0 Å². The Morgan fingerprint density at radius 2 is 2.17 bits per heavy atom. The molecule has 5 nitrogen and oxygen atoms in total. The number of aromatic nitrogens is 4. The Morgan fingerprint density at radius 1 is 1.39 bits per heavy atom. The second kappa shape index (κ2) is 4.12. The SMILES string of the molecule is Cc1nn(-c2nc3ccccc3[nH]2)c(Cl)c1CO. The number of imidazole rings is 1. The lowest BCUT2D eigenvalue weighted by Gasteiger charge is -1.97. The maximum Gasteiger partial charge on any atom is 0.230 e. The zero-order valence-corrected chi connectivity index (χ0v) is 10.4. The first-order valence-electron chi connectivity index (χ1n) is 5.50. The highest BCUT2D eigenvalue weighted by Gasteiger charge is 2.15. The van der Waals surface area contributed by atoms with Crippen LogP contribution in [0.3, 0.4) is 0 Å². The van der Waals surface area contributed by atoms with Crippen LogP contribution in [0.25, 0.3) is 17.0 Å². The molecule has 0 spiro atoms. The molecule has 92 valence electrons. The number of para-hydroxylation sites is 2. The molecule has 18 heavy (non-hydrogen) atoms. The van der Waals surface area contributed by atoms with Crippen LogP contribution in [-0.2, 0) is 6.61 Å². The Hall–Kier alpha value is -1.85. The molecule has 0 atom stereocenters. The molecule has 2 N–H and O–H groups in total. The van der Waals surface area contributed by atoms with Gasteiger partial charge in [-0.3, -0.25) is 0 Å². The molecule has 2 heterocycles. The van der Waals surface area contributed by atoms with Crippen molar-refractivity contribution in [3.05, 3.63) is 40.7 Å². The number of nitrogens with one attached hydrogen (secondary N) is 1. The van der Waals surface area contributed by atoms with E-state index in [-0.39, 0.29) is 6.61 Å². The molecule has 0 unspecified atom stereocenters. The lowest BCUT2D eigenvalue weighted by Crippen LogP contribution is -1.99. The molecule has 0 aliphatic rings. The topological polar surface area (TPSA) is 66.7 Å². The minimum Gasteiger partial charge on any atom is -0.391 e. The van der Waals surface area contributed by atoms with Gasteiger partial charge < -0.3 is 10.1 Å². The smallest absolute Gasteiger partial charge is 0.230 e. The lowest BCUT2D eigenvalue weighted by molar-refractivity contribution is 0.281. The van der Waals surface area contributed by atoms with E-state index in [2.05, 4.69) is 15.1 Å². The van der Waals surface area contributed by atoms with Crippen LogP contribution in [0.1, 0.15) is 11.3 Å². The highest BCUT2D eigenvalue weighted by Crippen LogP contribution is 2.23. The van der Waals surface area contributed by atoms with Crippen molar-refractivity contribution in [3.8, 4) is 5.95 Å². The first-order valence-corrected chi connectivity index (χ1v) is 5.88. The summed E-state index contributed by atoms with van der Waals surface area (Å²) < 4.78 is 1.50. The van der Waals surface area contributed by atoms with Gasteiger partial charge in [0.15, 0.2) is 0 Å². The third-order valence-corrected chi connectivity index (χ3v) is 3.25. The van der Waals surface area contributed by atoms with Crippen LogP contribution >= 0.6 is 11.6 Å². The second-order valence-electron chi connectivity index (χ2n) is 4.00. The number of rotatable bonds is 2. The number of halogens is 1. The van der Waals surface area contributed by atoms with Gasteiger partial charge in [0.1, 0.15) is 5.15 Å². The zero-order chi connectivity index (χ0) is 12.7. The fourth-order valence-corrected chi connectivity index (χ4v) is 2.21. The number of aryl methyl sites for hydroxylation is 1. The quantitative estimate of drug-likeness (QED) is 0.744. The van der Waals surface area contributed by atoms with Gasteiger partial charge in [-0.15, -0.1) is 0 Å². The van der Waals surface area contributed by atoms with Crippen molar-refractivity contribution >= 4 is 22.6 Å². The summed E-state index contributed by atoms with van der Waals surface area (Å²) in [5, 5.41) is 13.9. The van der Waals surface area contributed by atoms with E-state index >= 15 is 0 Å². The summed E-state index contributed by atoms with van der Waals surface area (Å²) in [7, 11) is 0. The van der Waals surface area contributed by atoms with E-state index in [0.29, 0.717) is 22.4 Å². The van der Waals surface area contributed by atoms with Crippen molar-refractivity contribution in [2.24, 2.45) is 0 Å². The average molecular weight is 263 g/mol. The summed E-state index contributed by atoms with van der Waals surface area (Å²) >= 11 is 6.17. The number of aliphatic hydroxyl groups is 1.